The Bertz CT molecular complexity index is 3520. The van der Waals surface area contributed by atoms with E-state index in [0.717, 1.165) is 78.4 Å². The fourth-order valence-electron chi connectivity index (χ4n) is 8.79. The Kier molecular flexibility index (Phi) is 10.2. The summed E-state index contributed by atoms with van der Waals surface area (Å²) >= 11 is 0. The summed E-state index contributed by atoms with van der Waals surface area (Å²) in [5.74, 6) is 0.521. The topological polar surface area (TPSA) is 42.7 Å². The minimum atomic E-state index is 0.521. The van der Waals surface area contributed by atoms with Crippen molar-refractivity contribution in [2.75, 3.05) is 4.90 Å². The van der Waals surface area contributed by atoms with Crippen LogP contribution in [0, 0.1) is 13.1 Å². The lowest BCUT2D eigenvalue weighted by molar-refractivity contribution is 1.18. The van der Waals surface area contributed by atoms with E-state index >= 15 is 0 Å². The van der Waals surface area contributed by atoms with Crippen molar-refractivity contribution in [3.05, 3.63) is 253 Å². The molecule has 6 nitrogen and oxygen atoms in total. The van der Waals surface area contributed by atoms with Crippen LogP contribution in [0.25, 0.3) is 93.3 Å². The van der Waals surface area contributed by atoms with Crippen molar-refractivity contribution in [3.8, 4) is 61.8 Å². The fourth-order valence-corrected chi connectivity index (χ4v) is 8.79. The smallest absolute Gasteiger partial charge is 0.187 e. The third-order valence-corrected chi connectivity index (χ3v) is 12.0. The Hall–Kier alpha value is -9.36. The number of hydrogen-bond donors (Lipinski definition) is 0. The summed E-state index contributed by atoms with van der Waals surface area (Å²) in [5.41, 5.74) is 16.3. The van der Waals surface area contributed by atoms with Gasteiger partial charge in [0.15, 0.2) is 17.2 Å². The maximum atomic E-state index is 7.54. The van der Waals surface area contributed by atoms with Crippen LogP contribution < -0.4 is 4.90 Å². The van der Waals surface area contributed by atoms with Crippen LogP contribution in [0.4, 0.5) is 28.4 Å². The van der Waals surface area contributed by atoms with Gasteiger partial charge >= 0.3 is 0 Å². The number of nitrogens with zero attached hydrogens (tertiary/aromatic N) is 6. The molecular formula is C60H38N6. The van der Waals surface area contributed by atoms with Crippen molar-refractivity contribution in [3.63, 3.8) is 0 Å². The average Bonchev–Trinajstić information content (AvgIpc) is 3.73. The molecule has 9 aromatic carbocycles. The van der Waals surface area contributed by atoms with Crippen LogP contribution in [0.1, 0.15) is 0 Å². The Morgan fingerprint density at radius 2 is 0.833 bits per heavy atom. The third-order valence-electron chi connectivity index (χ3n) is 12.0. The zero-order valence-electron chi connectivity index (χ0n) is 35.6. The van der Waals surface area contributed by atoms with E-state index in [4.69, 9.17) is 23.1 Å². The van der Waals surface area contributed by atoms with Crippen molar-refractivity contribution in [2.24, 2.45) is 0 Å². The molecule has 0 aliphatic rings. The summed E-state index contributed by atoms with van der Waals surface area (Å²) in [5, 5.41) is 2.41. The number of para-hydroxylation sites is 3. The van der Waals surface area contributed by atoms with Gasteiger partial charge in [-0.3, -0.25) is 0 Å². The molecule has 0 fully saturated rings. The Labute approximate surface area is 383 Å². The van der Waals surface area contributed by atoms with E-state index < -0.39 is 0 Å². The second-order valence-electron chi connectivity index (χ2n) is 16.0. The van der Waals surface area contributed by atoms with Crippen LogP contribution in [0.15, 0.2) is 231 Å². The number of aromatic nitrogens is 3. The van der Waals surface area contributed by atoms with E-state index in [1.165, 1.54) is 10.8 Å². The van der Waals surface area contributed by atoms with E-state index in [9.17, 15) is 0 Å². The molecule has 6 heteroatoms. The van der Waals surface area contributed by atoms with Crippen molar-refractivity contribution in [1.29, 1.82) is 0 Å². The van der Waals surface area contributed by atoms with Crippen molar-refractivity contribution in [1.82, 2.24) is 14.5 Å². The van der Waals surface area contributed by atoms with Gasteiger partial charge in [0.2, 0.25) is 0 Å². The zero-order valence-corrected chi connectivity index (χ0v) is 35.6. The quantitative estimate of drug-likeness (QED) is 0.136. The summed E-state index contributed by atoms with van der Waals surface area (Å²) in [6.45, 7) is 15.1. The van der Waals surface area contributed by atoms with Gasteiger partial charge in [0.05, 0.1) is 35.6 Å². The van der Waals surface area contributed by atoms with Crippen molar-refractivity contribution < 1.29 is 0 Å². The summed E-state index contributed by atoms with van der Waals surface area (Å²) in [6.07, 6.45) is 0. The lowest BCUT2D eigenvalue weighted by atomic mass is 9.98. The van der Waals surface area contributed by atoms with E-state index in [-0.39, 0.29) is 0 Å². The molecule has 66 heavy (non-hydrogen) atoms. The first-order valence-corrected chi connectivity index (χ1v) is 21.7. The number of fused-ring (bicyclic) bond motifs is 3. The van der Waals surface area contributed by atoms with Gasteiger partial charge in [-0.15, -0.1) is 0 Å². The van der Waals surface area contributed by atoms with Crippen molar-refractivity contribution >= 4 is 50.2 Å². The van der Waals surface area contributed by atoms with Crippen LogP contribution in [-0.4, -0.2) is 14.5 Å². The minimum Gasteiger partial charge on any atom is -0.310 e. The molecule has 308 valence electrons. The molecule has 2 heterocycles. The maximum Gasteiger partial charge on any atom is 0.187 e. The van der Waals surface area contributed by atoms with E-state index in [0.29, 0.717) is 22.9 Å². The first kappa shape index (κ1) is 39.5. The van der Waals surface area contributed by atoms with E-state index in [1.807, 2.05) is 36.4 Å². The number of benzene rings is 9. The van der Waals surface area contributed by atoms with Crippen LogP contribution in [0.5, 0.6) is 0 Å². The fraction of sp³-hybridized carbons (Fsp3) is 0. The molecule has 0 saturated carbocycles. The Balaban J connectivity index is 0.874. The average molecular weight is 843 g/mol. The maximum absolute atomic E-state index is 7.54. The lowest BCUT2D eigenvalue weighted by Gasteiger charge is -2.25. The normalized spacial score (nSPS) is 11.0. The number of hydrogen-bond acceptors (Lipinski definition) is 3. The predicted octanol–water partition coefficient (Wildman–Crippen LogP) is 16.5. The van der Waals surface area contributed by atoms with Gasteiger partial charge in [-0.05, 0) is 107 Å². The van der Waals surface area contributed by atoms with Gasteiger partial charge in [-0.2, -0.15) is 0 Å². The second-order valence-corrected chi connectivity index (χ2v) is 16.0. The van der Waals surface area contributed by atoms with Gasteiger partial charge < -0.3 is 9.47 Å². The predicted molar refractivity (Wildman–Crippen MR) is 271 cm³/mol. The van der Waals surface area contributed by atoms with Gasteiger partial charge in [-0.25, -0.2) is 19.7 Å². The number of anilines is 3. The first-order chi connectivity index (χ1) is 32.6. The largest absolute Gasteiger partial charge is 0.310 e. The molecule has 11 rings (SSSR count). The Morgan fingerprint density at radius 3 is 1.42 bits per heavy atom. The van der Waals surface area contributed by atoms with Gasteiger partial charge in [0.1, 0.15) is 0 Å². The Morgan fingerprint density at radius 1 is 0.348 bits per heavy atom. The summed E-state index contributed by atoms with van der Waals surface area (Å²) in [6, 6.07) is 79.3. The standard InChI is InChI=1S/C60H38N6/c1-61-48-15-11-13-46(37-48)57-40-56(63-60(64-57)47-14-12-16-49(38-47)62-2)45-29-27-43(28-30-45)41-23-25-42(26-24-41)44-31-33-52(34-32-44)66-58-22-10-9-21-54(58)55-39-53(35-36-59(55)66)65(50-17-5-3-6-18-50)51-19-7-4-8-20-51/h3-40H. The van der Waals surface area contributed by atoms with E-state index in [1.54, 1.807) is 18.2 Å². The van der Waals surface area contributed by atoms with Crippen LogP contribution in [0.3, 0.4) is 0 Å². The highest BCUT2D eigenvalue weighted by molar-refractivity contribution is 6.10. The molecule has 0 radical (unpaired) electrons. The summed E-state index contributed by atoms with van der Waals surface area (Å²) < 4.78 is 2.36. The highest BCUT2D eigenvalue weighted by Gasteiger charge is 2.18. The van der Waals surface area contributed by atoms with Crippen LogP contribution >= 0.6 is 0 Å². The first-order valence-electron chi connectivity index (χ1n) is 21.7. The molecule has 0 bridgehead atoms. The van der Waals surface area contributed by atoms with Gasteiger partial charge in [0.25, 0.3) is 0 Å². The SMILES string of the molecule is [C-]#[N+]c1cccc(-c2cc(-c3ccc(-c4ccc(-c5ccc(-n6c7ccccc7c7cc(N(c8ccccc8)c8ccccc8)ccc76)cc5)cc4)cc3)nc(-c3cccc([N+]#[C-])c3)n2)c1. The van der Waals surface area contributed by atoms with Gasteiger partial charge in [0, 0.05) is 44.6 Å². The minimum absolute atomic E-state index is 0.521. The summed E-state index contributed by atoms with van der Waals surface area (Å²) in [7, 11) is 0. The second kappa shape index (κ2) is 17.1. The monoisotopic (exact) mass is 842 g/mol. The highest BCUT2D eigenvalue weighted by atomic mass is 15.1. The van der Waals surface area contributed by atoms with E-state index in [2.05, 4.69) is 195 Å². The summed E-state index contributed by atoms with van der Waals surface area (Å²) in [4.78, 5) is 19.4. The van der Waals surface area contributed by atoms with Crippen molar-refractivity contribution in [2.45, 2.75) is 0 Å². The van der Waals surface area contributed by atoms with Gasteiger partial charge in [-0.1, -0.05) is 152 Å². The van der Waals surface area contributed by atoms with Crippen LogP contribution in [-0.2, 0) is 0 Å². The lowest BCUT2D eigenvalue weighted by Crippen LogP contribution is -2.09. The molecule has 0 aliphatic heterocycles. The van der Waals surface area contributed by atoms with Crippen LogP contribution in [0.2, 0.25) is 0 Å². The molecule has 0 atom stereocenters. The highest BCUT2D eigenvalue weighted by Crippen LogP contribution is 2.40. The molecule has 0 amide bonds. The molecule has 0 unspecified atom stereocenters. The molecule has 0 aliphatic carbocycles. The molecule has 0 N–H and O–H groups in total. The molecular weight excluding hydrogens is 805 g/mol. The zero-order chi connectivity index (χ0) is 44.4. The molecule has 0 saturated heterocycles. The number of rotatable bonds is 9. The molecule has 11 aromatic rings. The molecule has 2 aromatic heterocycles. The molecule has 0 spiro atoms. The third kappa shape index (κ3) is 7.51.